The third-order valence-corrected chi connectivity index (χ3v) is 10.6. The third kappa shape index (κ3) is 3.61. The maximum Gasteiger partial charge on any atom is 0.101 e. The van der Waals surface area contributed by atoms with E-state index in [4.69, 9.17) is 0 Å². The van der Waals surface area contributed by atoms with E-state index in [2.05, 4.69) is 33.8 Å². The molecule has 4 rings (SSSR count). The van der Waals surface area contributed by atoms with Crippen LogP contribution in [-0.4, -0.2) is 34.1 Å². The zero-order valence-electron chi connectivity index (χ0n) is 19.8. The molecule has 0 saturated heterocycles. The molecule has 3 fully saturated rings. The molecule has 0 bridgehead atoms. The zero-order valence-corrected chi connectivity index (χ0v) is 19.8. The van der Waals surface area contributed by atoms with Crippen molar-refractivity contribution in [3.63, 3.8) is 0 Å². The molecular weight excluding hydrogens is 372 g/mol. The molecule has 0 aliphatic heterocycles. The predicted octanol–water partition coefficient (Wildman–Crippen LogP) is 5.33. The molecule has 0 unspecified atom stereocenters. The maximum absolute atomic E-state index is 10.7. The Bertz CT molecular complexity index is 644. The summed E-state index contributed by atoms with van der Waals surface area (Å²) < 4.78 is 0. The summed E-state index contributed by atoms with van der Waals surface area (Å²) in [4.78, 5) is 0. The van der Waals surface area contributed by atoms with E-state index in [0.29, 0.717) is 23.9 Å². The van der Waals surface area contributed by atoms with Gasteiger partial charge < -0.3 is 15.3 Å². The van der Waals surface area contributed by atoms with Crippen LogP contribution in [0.1, 0.15) is 91.9 Å². The molecule has 10 atom stereocenters. The second-order valence-corrected chi connectivity index (χ2v) is 12.2. The normalized spacial score (nSPS) is 47.6. The van der Waals surface area contributed by atoms with Crippen LogP contribution in [0.5, 0.6) is 0 Å². The minimum Gasteiger partial charge on any atom is -0.396 e. The van der Waals surface area contributed by atoms with Crippen LogP contribution >= 0.6 is 0 Å². The Kier molecular flexibility index (Phi) is 6.48. The van der Waals surface area contributed by atoms with Crippen LogP contribution in [-0.2, 0) is 0 Å². The molecule has 3 heteroatoms. The smallest absolute Gasteiger partial charge is 0.101 e. The average Bonchev–Trinajstić information content (AvgIpc) is 3.08. The Labute approximate surface area is 184 Å². The fourth-order valence-corrected chi connectivity index (χ4v) is 8.77. The van der Waals surface area contributed by atoms with Crippen molar-refractivity contribution in [3.8, 4) is 0 Å². The second kappa shape index (κ2) is 8.52. The van der Waals surface area contributed by atoms with E-state index in [1.807, 2.05) is 0 Å². The van der Waals surface area contributed by atoms with Gasteiger partial charge in [0.2, 0.25) is 0 Å². The van der Waals surface area contributed by atoms with E-state index in [9.17, 15) is 15.3 Å². The quantitative estimate of drug-likeness (QED) is 0.511. The van der Waals surface area contributed by atoms with E-state index < -0.39 is 12.2 Å². The largest absolute Gasteiger partial charge is 0.396 e. The van der Waals surface area contributed by atoms with Crippen molar-refractivity contribution in [3.05, 3.63) is 11.6 Å². The van der Waals surface area contributed by atoms with Crippen molar-refractivity contribution in [2.75, 3.05) is 6.61 Å². The number of aliphatic hydroxyl groups is 3. The third-order valence-electron chi connectivity index (χ3n) is 10.6. The van der Waals surface area contributed by atoms with Crippen LogP contribution in [0.3, 0.4) is 0 Å². The number of aliphatic hydroxyl groups excluding tert-OH is 3. The van der Waals surface area contributed by atoms with Gasteiger partial charge in [-0.05, 0) is 103 Å². The van der Waals surface area contributed by atoms with Gasteiger partial charge in [0, 0.05) is 6.61 Å². The molecule has 172 valence electrons. The summed E-state index contributed by atoms with van der Waals surface area (Å²) in [5, 5.41) is 30.2. The molecule has 0 aromatic carbocycles. The van der Waals surface area contributed by atoms with E-state index in [-0.39, 0.29) is 5.41 Å². The molecule has 0 aromatic rings. The van der Waals surface area contributed by atoms with E-state index >= 15 is 0 Å². The topological polar surface area (TPSA) is 60.7 Å². The monoisotopic (exact) mass is 418 g/mol. The van der Waals surface area contributed by atoms with Gasteiger partial charge in [-0.15, -0.1) is 0 Å². The van der Waals surface area contributed by atoms with Crippen LogP contribution in [0.15, 0.2) is 11.6 Å². The Morgan fingerprint density at radius 2 is 1.77 bits per heavy atom. The molecule has 4 aliphatic carbocycles. The second-order valence-electron chi connectivity index (χ2n) is 12.2. The SMILES string of the molecule is C[C@@H](CO)CCC[C@@H](C)[C@H]1CC[C@H]2[C@@H]3CC=C4[C@@H](O)[C@@H](O)CC[C@]4(C)[C@H]3CC[C@]12C. The van der Waals surface area contributed by atoms with Crippen LogP contribution in [0.2, 0.25) is 0 Å². The van der Waals surface area contributed by atoms with Gasteiger partial charge in [0.15, 0.2) is 0 Å². The fraction of sp³-hybridized carbons (Fsp3) is 0.926. The minimum absolute atomic E-state index is 0.0903. The van der Waals surface area contributed by atoms with Crippen molar-refractivity contribution in [1.29, 1.82) is 0 Å². The summed E-state index contributed by atoms with van der Waals surface area (Å²) in [6.07, 6.45) is 13.1. The highest BCUT2D eigenvalue weighted by molar-refractivity contribution is 5.29. The first-order chi connectivity index (χ1) is 14.2. The summed E-state index contributed by atoms with van der Waals surface area (Å²) in [6, 6.07) is 0. The summed E-state index contributed by atoms with van der Waals surface area (Å²) in [5.41, 5.74) is 1.72. The lowest BCUT2D eigenvalue weighted by atomic mass is 9.46. The fourth-order valence-electron chi connectivity index (χ4n) is 8.77. The van der Waals surface area contributed by atoms with E-state index in [1.54, 1.807) is 0 Å². The first-order valence-corrected chi connectivity index (χ1v) is 12.9. The molecule has 3 saturated carbocycles. The Morgan fingerprint density at radius 1 is 1.00 bits per heavy atom. The van der Waals surface area contributed by atoms with E-state index in [0.717, 1.165) is 54.9 Å². The molecule has 0 radical (unpaired) electrons. The summed E-state index contributed by atoms with van der Waals surface area (Å²) in [5.74, 6) is 4.31. The first-order valence-electron chi connectivity index (χ1n) is 12.9. The minimum atomic E-state index is -0.643. The first kappa shape index (κ1) is 22.8. The summed E-state index contributed by atoms with van der Waals surface area (Å²) >= 11 is 0. The Balaban J connectivity index is 1.48. The van der Waals surface area contributed by atoms with E-state index in [1.165, 1.54) is 38.5 Å². The highest BCUT2D eigenvalue weighted by Gasteiger charge is 2.60. The van der Waals surface area contributed by atoms with Crippen molar-refractivity contribution in [2.45, 2.75) is 104 Å². The number of allylic oxidation sites excluding steroid dienone is 1. The van der Waals surface area contributed by atoms with Gasteiger partial charge in [0.1, 0.15) is 6.10 Å². The lowest BCUT2D eigenvalue weighted by molar-refractivity contribution is -0.0801. The molecule has 30 heavy (non-hydrogen) atoms. The number of hydrogen-bond acceptors (Lipinski definition) is 3. The Hall–Kier alpha value is -0.380. The average molecular weight is 419 g/mol. The lowest BCUT2D eigenvalue weighted by Crippen LogP contribution is -2.53. The standard InChI is InChI=1S/C27H46O3/c1-17(16-28)6-5-7-18(2)20-10-11-21-19-8-9-23-25(30)24(29)13-15-27(23,4)22(19)12-14-26(20,21)3/h9,17-22,24-25,28-30H,5-8,10-16H2,1-4H3/t17-,18-,19+,20-,21+,22+,24+,25-,26-,27-/m1/s1. The van der Waals surface area contributed by atoms with Crippen LogP contribution in [0, 0.1) is 46.3 Å². The molecular formula is C27H46O3. The highest BCUT2D eigenvalue weighted by atomic mass is 16.3. The van der Waals surface area contributed by atoms with Crippen molar-refractivity contribution in [1.82, 2.24) is 0 Å². The van der Waals surface area contributed by atoms with Crippen LogP contribution in [0.25, 0.3) is 0 Å². The van der Waals surface area contributed by atoms with Gasteiger partial charge in [-0.25, -0.2) is 0 Å². The number of rotatable bonds is 6. The van der Waals surface area contributed by atoms with Gasteiger partial charge in [0.05, 0.1) is 6.10 Å². The number of hydrogen-bond donors (Lipinski definition) is 3. The van der Waals surface area contributed by atoms with Gasteiger partial charge in [-0.1, -0.05) is 46.6 Å². The lowest BCUT2D eigenvalue weighted by Gasteiger charge is -2.59. The van der Waals surface area contributed by atoms with Crippen LogP contribution < -0.4 is 0 Å². The summed E-state index contributed by atoms with van der Waals surface area (Å²) in [7, 11) is 0. The van der Waals surface area contributed by atoms with Crippen molar-refractivity contribution >= 4 is 0 Å². The van der Waals surface area contributed by atoms with Gasteiger partial charge in [-0.3, -0.25) is 0 Å². The van der Waals surface area contributed by atoms with Gasteiger partial charge in [-0.2, -0.15) is 0 Å². The molecule has 0 amide bonds. The molecule has 4 aliphatic rings. The maximum atomic E-state index is 10.7. The number of fused-ring (bicyclic) bond motifs is 5. The highest BCUT2D eigenvalue weighted by Crippen LogP contribution is 2.67. The van der Waals surface area contributed by atoms with Crippen LogP contribution in [0.4, 0.5) is 0 Å². The summed E-state index contributed by atoms with van der Waals surface area (Å²) in [6.45, 7) is 9.98. The predicted molar refractivity (Wildman–Crippen MR) is 122 cm³/mol. The molecule has 0 spiro atoms. The van der Waals surface area contributed by atoms with Gasteiger partial charge in [0.25, 0.3) is 0 Å². The molecule has 3 nitrogen and oxygen atoms in total. The molecule has 0 aromatic heterocycles. The zero-order chi connectivity index (χ0) is 21.7. The van der Waals surface area contributed by atoms with Crippen molar-refractivity contribution < 1.29 is 15.3 Å². The molecule has 3 N–H and O–H groups in total. The molecule has 0 heterocycles. The van der Waals surface area contributed by atoms with Crippen molar-refractivity contribution in [2.24, 2.45) is 46.3 Å². The van der Waals surface area contributed by atoms with Gasteiger partial charge >= 0.3 is 0 Å². The Morgan fingerprint density at radius 3 is 2.50 bits per heavy atom.